The van der Waals surface area contributed by atoms with Crippen molar-refractivity contribution in [3.63, 3.8) is 0 Å². The van der Waals surface area contributed by atoms with Crippen molar-refractivity contribution in [2.75, 3.05) is 25.5 Å². The Balaban J connectivity index is 0.00000370. The number of anilines is 1. The van der Waals surface area contributed by atoms with Crippen LogP contribution in [0.3, 0.4) is 0 Å². The van der Waals surface area contributed by atoms with Gasteiger partial charge in [-0.05, 0) is 68.7 Å². The SMILES string of the molecule is COc1cc(CC(=O)NCCNc2cc(C)nc3c2c2ccccc2n3-c2c(C)cc(C)cc2C)ccc1O.[Pr]. The molecule has 1 amide bonds. The Morgan fingerprint density at radius 3 is 2.42 bits per heavy atom. The van der Waals surface area contributed by atoms with Gasteiger partial charge in [-0.1, -0.05) is 42.0 Å². The smallest absolute Gasteiger partial charge is 0.224 e. The van der Waals surface area contributed by atoms with E-state index in [9.17, 15) is 9.90 Å². The van der Waals surface area contributed by atoms with Gasteiger partial charge in [-0.2, -0.15) is 0 Å². The Morgan fingerprint density at radius 1 is 0.975 bits per heavy atom. The number of benzene rings is 3. The average molecular weight is 664 g/mol. The Hall–Kier alpha value is -3.16. The van der Waals surface area contributed by atoms with E-state index < -0.39 is 0 Å². The molecule has 0 aliphatic heterocycles. The standard InChI is InChI=1S/C32H34N4O3.Pr/c1-19-14-20(2)31(21(3)15-19)36-26-9-7-6-8-24(26)30-25(16-22(4)35-32(30)36)33-12-13-34-29(38)18-23-10-11-27(37)28(17-23)39-5;/h6-11,14-17,37H,12-13,18H2,1-5H3,(H,33,35)(H,34,38);. The molecular formula is C32H34N4O3Pr. The van der Waals surface area contributed by atoms with E-state index in [1.807, 2.05) is 6.92 Å². The molecule has 5 aromatic rings. The summed E-state index contributed by atoms with van der Waals surface area (Å²) in [7, 11) is 1.49. The zero-order valence-electron chi connectivity index (χ0n) is 23.6. The summed E-state index contributed by atoms with van der Waals surface area (Å²) in [5.74, 6) is 0.315. The fourth-order valence-corrected chi connectivity index (χ4v) is 5.45. The Morgan fingerprint density at radius 2 is 1.70 bits per heavy atom. The number of pyridine rings is 1. The second-order valence-electron chi connectivity index (χ2n) is 10.1. The van der Waals surface area contributed by atoms with E-state index in [-0.39, 0.29) is 59.4 Å². The maximum absolute atomic E-state index is 12.5. The van der Waals surface area contributed by atoms with Crippen LogP contribution in [0.25, 0.3) is 27.6 Å². The van der Waals surface area contributed by atoms with Crippen LogP contribution in [0.4, 0.5) is 5.69 Å². The Bertz CT molecular complexity index is 1690. The molecular weight excluding hydrogens is 629 g/mol. The number of nitrogens with one attached hydrogen (secondary N) is 2. The van der Waals surface area contributed by atoms with Gasteiger partial charge < -0.3 is 20.5 Å². The van der Waals surface area contributed by atoms with Crippen molar-refractivity contribution in [2.24, 2.45) is 0 Å². The molecule has 0 saturated heterocycles. The maximum atomic E-state index is 12.5. The molecule has 0 bridgehead atoms. The molecule has 1 radical (unpaired) electrons. The first-order valence-corrected chi connectivity index (χ1v) is 13.1. The van der Waals surface area contributed by atoms with Crippen LogP contribution in [-0.2, 0) is 11.2 Å². The summed E-state index contributed by atoms with van der Waals surface area (Å²) in [6.45, 7) is 9.47. The number of aromatic nitrogens is 2. The van der Waals surface area contributed by atoms with Gasteiger partial charge in [0.05, 0.1) is 30.1 Å². The van der Waals surface area contributed by atoms with E-state index >= 15 is 0 Å². The van der Waals surface area contributed by atoms with Gasteiger partial charge in [0, 0.05) is 71.1 Å². The van der Waals surface area contributed by atoms with Crippen molar-refractivity contribution in [3.05, 3.63) is 88.6 Å². The van der Waals surface area contributed by atoms with E-state index in [2.05, 4.69) is 78.4 Å². The summed E-state index contributed by atoms with van der Waals surface area (Å²) in [6, 6.07) is 19.9. The number of amides is 1. The molecule has 0 spiro atoms. The van der Waals surface area contributed by atoms with Crippen LogP contribution in [0.5, 0.6) is 11.5 Å². The number of aromatic hydroxyl groups is 1. The average Bonchev–Trinajstić information content (AvgIpc) is 3.21. The first kappa shape index (κ1) is 29.8. The van der Waals surface area contributed by atoms with Crippen LogP contribution < -0.4 is 15.4 Å². The third-order valence-corrected chi connectivity index (χ3v) is 6.98. The van der Waals surface area contributed by atoms with E-state index in [0.29, 0.717) is 18.8 Å². The minimum absolute atomic E-state index is 0. The molecule has 0 aliphatic carbocycles. The Labute approximate surface area is 267 Å². The number of para-hydroxylation sites is 1. The quantitative estimate of drug-likeness (QED) is 0.180. The first-order chi connectivity index (χ1) is 18.8. The zero-order valence-corrected chi connectivity index (χ0v) is 27.3. The van der Waals surface area contributed by atoms with Gasteiger partial charge in [-0.25, -0.2) is 4.98 Å². The van der Waals surface area contributed by atoms with Crippen molar-refractivity contribution in [1.82, 2.24) is 14.9 Å². The monoisotopic (exact) mass is 663 g/mol. The third kappa shape index (κ3) is 5.96. The summed E-state index contributed by atoms with van der Waals surface area (Å²) < 4.78 is 7.42. The molecule has 2 aromatic heterocycles. The van der Waals surface area contributed by atoms with Gasteiger partial charge in [0.15, 0.2) is 11.5 Å². The normalized spacial score (nSPS) is 10.9. The number of hydrogen-bond acceptors (Lipinski definition) is 5. The zero-order chi connectivity index (χ0) is 27.7. The topological polar surface area (TPSA) is 88.4 Å². The van der Waals surface area contributed by atoms with Crippen molar-refractivity contribution in [1.29, 1.82) is 0 Å². The van der Waals surface area contributed by atoms with Crippen LogP contribution in [0, 0.1) is 69.0 Å². The van der Waals surface area contributed by atoms with Gasteiger partial charge in [-0.15, -0.1) is 0 Å². The van der Waals surface area contributed by atoms with Crippen LogP contribution >= 0.6 is 0 Å². The first-order valence-electron chi connectivity index (χ1n) is 13.1. The second-order valence-corrected chi connectivity index (χ2v) is 10.1. The largest absolute Gasteiger partial charge is 0.504 e. The number of carbonyl (C=O) groups excluding carboxylic acids is 1. The van der Waals surface area contributed by atoms with Crippen LogP contribution in [0.2, 0.25) is 0 Å². The van der Waals surface area contributed by atoms with Gasteiger partial charge in [0.1, 0.15) is 5.65 Å². The minimum atomic E-state index is -0.0949. The van der Waals surface area contributed by atoms with Crippen LogP contribution in [-0.4, -0.2) is 40.8 Å². The Kier molecular flexibility index (Phi) is 9.37. The van der Waals surface area contributed by atoms with E-state index in [0.717, 1.165) is 44.6 Å². The van der Waals surface area contributed by atoms with E-state index in [4.69, 9.17) is 9.72 Å². The van der Waals surface area contributed by atoms with Gasteiger partial charge in [0.2, 0.25) is 5.91 Å². The fraction of sp³-hybridized carbons (Fsp3) is 0.250. The summed E-state index contributed by atoms with van der Waals surface area (Å²) in [5, 5.41) is 18.5. The summed E-state index contributed by atoms with van der Waals surface area (Å²) in [4.78, 5) is 17.5. The third-order valence-electron chi connectivity index (χ3n) is 6.98. The number of rotatable bonds is 8. The van der Waals surface area contributed by atoms with E-state index in [1.54, 1.807) is 12.1 Å². The molecule has 0 atom stereocenters. The van der Waals surface area contributed by atoms with Crippen LogP contribution in [0.15, 0.2) is 60.7 Å². The second kappa shape index (κ2) is 12.6. The van der Waals surface area contributed by atoms with Crippen molar-refractivity contribution < 1.29 is 55.9 Å². The minimum Gasteiger partial charge on any atom is -0.504 e. The molecule has 0 aliphatic rings. The number of fused-ring (bicyclic) bond motifs is 3. The number of ether oxygens (including phenoxy) is 1. The van der Waals surface area contributed by atoms with Gasteiger partial charge in [0.25, 0.3) is 0 Å². The van der Waals surface area contributed by atoms with Crippen molar-refractivity contribution >= 4 is 33.5 Å². The van der Waals surface area contributed by atoms with Crippen molar-refractivity contribution in [2.45, 2.75) is 34.1 Å². The van der Waals surface area contributed by atoms with Crippen molar-refractivity contribution in [3.8, 4) is 17.2 Å². The number of carbonyl (C=O) groups is 1. The summed E-state index contributed by atoms with van der Waals surface area (Å²) >= 11 is 0. The van der Waals surface area contributed by atoms with Gasteiger partial charge in [-0.3, -0.25) is 9.36 Å². The summed E-state index contributed by atoms with van der Waals surface area (Å²) in [5.41, 5.74) is 9.54. The molecule has 5 rings (SSSR count). The maximum Gasteiger partial charge on any atom is 0.224 e. The molecule has 203 valence electrons. The molecule has 2 heterocycles. The number of aryl methyl sites for hydroxylation is 4. The molecule has 40 heavy (non-hydrogen) atoms. The molecule has 0 unspecified atom stereocenters. The van der Waals surface area contributed by atoms with E-state index in [1.165, 1.54) is 29.9 Å². The number of phenolic OH excluding ortho intramolecular Hbond substituents is 1. The number of hydrogen-bond donors (Lipinski definition) is 3. The van der Waals surface area contributed by atoms with Gasteiger partial charge >= 0.3 is 0 Å². The summed E-state index contributed by atoms with van der Waals surface area (Å²) in [6.07, 6.45) is 0.206. The fourth-order valence-electron chi connectivity index (χ4n) is 5.45. The number of phenols is 1. The molecule has 0 fully saturated rings. The number of nitrogens with zero attached hydrogens (tertiary/aromatic N) is 2. The molecule has 3 aromatic carbocycles. The molecule has 7 nitrogen and oxygen atoms in total. The predicted molar refractivity (Wildman–Crippen MR) is 157 cm³/mol. The molecule has 8 heteroatoms. The van der Waals surface area contributed by atoms with Crippen LogP contribution in [0.1, 0.15) is 27.9 Å². The number of methoxy groups -OCH3 is 1. The predicted octanol–water partition coefficient (Wildman–Crippen LogP) is 5.90. The molecule has 0 saturated carbocycles. The molecule has 3 N–H and O–H groups in total.